The summed E-state index contributed by atoms with van der Waals surface area (Å²) in [6.07, 6.45) is 0. The molecule has 0 aromatic heterocycles. The van der Waals surface area contributed by atoms with Crippen molar-refractivity contribution < 1.29 is 4.79 Å². The van der Waals surface area contributed by atoms with Gasteiger partial charge in [0.25, 0.3) is 5.91 Å². The Morgan fingerprint density at radius 2 is 2.09 bits per heavy atom. The van der Waals surface area contributed by atoms with Crippen molar-refractivity contribution in [1.29, 1.82) is 5.26 Å². The highest BCUT2D eigenvalue weighted by Crippen LogP contribution is 2.23. The van der Waals surface area contributed by atoms with Crippen LogP contribution in [-0.4, -0.2) is 13.0 Å². The summed E-state index contributed by atoms with van der Waals surface area (Å²) >= 11 is 9.34. The van der Waals surface area contributed by atoms with E-state index < -0.39 is 0 Å². The molecule has 0 atom stereocenters. The zero-order valence-corrected chi connectivity index (χ0v) is 14.1. The van der Waals surface area contributed by atoms with Crippen molar-refractivity contribution >= 4 is 39.1 Å². The molecule has 0 saturated carbocycles. The first kappa shape index (κ1) is 16.3. The number of amides is 1. The van der Waals surface area contributed by atoms with Crippen LogP contribution >= 0.6 is 27.5 Å². The number of carbonyl (C=O) groups is 1. The van der Waals surface area contributed by atoms with Gasteiger partial charge < -0.3 is 10.6 Å². The second-order valence-corrected chi connectivity index (χ2v) is 5.89. The summed E-state index contributed by atoms with van der Waals surface area (Å²) in [5, 5.41) is 15.5. The number of halogens is 2. The SMILES string of the molecule is CNC(=O)c1ccc(Cl)cc1NCc1ccc(Br)cc1C#N. The monoisotopic (exact) mass is 377 g/mol. The van der Waals surface area contributed by atoms with Crippen LogP contribution in [0.5, 0.6) is 0 Å². The fourth-order valence-corrected chi connectivity index (χ4v) is 2.53. The number of nitrogens with one attached hydrogen (secondary N) is 2. The van der Waals surface area contributed by atoms with Crippen molar-refractivity contribution in [2.75, 3.05) is 12.4 Å². The van der Waals surface area contributed by atoms with E-state index in [1.807, 2.05) is 12.1 Å². The topological polar surface area (TPSA) is 64.9 Å². The number of carbonyl (C=O) groups excluding carboxylic acids is 1. The Balaban J connectivity index is 2.27. The van der Waals surface area contributed by atoms with Crippen LogP contribution in [-0.2, 0) is 6.54 Å². The summed E-state index contributed by atoms with van der Waals surface area (Å²) in [5.41, 5.74) is 2.54. The smallest absolute Gasteiger partial charge is 0.253 e. The van der Waals surface area contributed by atoms with Gasteiger partial charge in [-0.15, -0.1) is 0 Å². The van der Waals surface area contributed by atoms with Gasteiger partial charge in [0.05, 0.1) is 17.2 Å². The number of rotatable bonds is 4. The van der Waals surface area contributed by atoms with E-state index >= 15 is 0 Å². The lowest BCUT2D eigenvalue weighted by atomic mass is 10.1. The number of anilines is 1. The molecule has 2 rings (SSSR count). The normalized spacial score (nSPS) is 9.91. The van der Waals surface area contributed by atoms with E-state index in [0.29, 0.717) is 28.4 Å². The van der Waals surface area contributed by atoms with Gasteiger partial charge in [-0.1, -0.05) is 33.6 Å². The molecule has 2 aromatic rings. The van der Waals surface area contributed by atoms with Gasteiger partial charge in [0.15, 0.2) is 0 Å². The second-order valence-electron chi connectivity index (χ2n) is 4.54. The summed E-state index contributed by atoms with van der Waals surface area (Å²) in [5.74, 6) is -0.199. The van der Waals surface area contributed by atoms with Gasteiger partial charge in [0.1, 0.15) is 0 Å². The number of hydrogen-bond donors (Lipinski definition) is 2. The molecular formula is C16H13BrClN3O. The predicted molar refractivity (Wildman–Crippen MR) is 91.0 cm³/mol. The Morgan fingerprint density at radius 3 is 2.77 bits per heavy atom. The van der Waals surface area contributed by atoms with Crippen molar-refractivity contribution in [3.8, 4) is 6.07 Å². The molecule has 0 aliphatic heterocycles. The highest BCUT2D eigenvalue weighted by molar-refractivity contribution is 9.10. The Bertz CT molecular complexity index is 756. The molecule has 0 fully saturated rings. The third-order valence-electron chi connectivity index (χ3n) is 3.11. The number of benzene rings is 2. The van der Waals surface area contributed by atoms with E-state index in [1.54, 1.807) is 31.3 Å². The molecular weight excluding hydrogens is 366 g/mol. The van der Waals surface area contributed by atoms with Gasteiger partial charge in [-0.25, -0.2) is 0 Å². The first-order valence-corrected chi connectivity index (χ1v) is 7.66. The molecule has 0 heterocycles. The fourth-order valence-electron chi connectivity index (χ4n) is 1.99. The van der Waals surface area contributed by atoms with Gasteiger partial charge in [-0.3, -0.25) is 4.79 Å². The zero-order valence-electron chi connectivity index (χ0n) is 11.8. The summed E-state index contributed by atoms with van der Waals surface area (Å²) in [6.45, 7) is 0.417. The molecule has 2 N–H and O–H groups in total. The fraction of sp³-hybridized carbons (Fsp3) is 0.125. The van der Waals surface area contributed by atoms with Gasteiger partial charge in [0.2, 0.25) is 0 Å². The summed E-state index contributed by atoms with van der Waals surface area (Å²) < 4.78 is 0.849. The summed E-state index contributed by atoms with van der Waals surface area (Å²) in [6, 6.07) is 12.7. The van der Waals surface area contributed by atoms with Crippen molar-refractivity contribution in [1.82, 2.24) is 5.32 Å². The van der Waals surface area contributed by atoms with Crippen LogP contribution < -0.4 is 10.6 Å². The molecule has 0 radical (unpaired) electrons. The van der Waals surface area contributed by atoms with Crippen LogP contribution in [0.3, 0.4) is 0 Å². The quantitative estimate of drug-likeness (QED) is 0.847. The van der Waals surface area contributed by atoms with Gasteiger partial charge in [-0.2, -0.15) is 5.26 Å². The molecule has 0 aliphatic rings. The maximum absolute atomic E-state index is 11.9. The van der Waals surface area contributed by atoms with Crippen molar-refractivity contribution in [2.24, 2.45) is 0 Å². The Labute approximate surface area is 142 Å². The van der Waals surface area contributed by atoms with E-state index in [9.17, 15) is 10.1 Å². The minimum atomic E-state index is -0.199. The summed E-state index contributed by atoms with van der Waals surface area (Å²) in [4.78, 5) is 11.9. The molecule has 0 spiro atoms. The van der Waals surface area contributed by atoms with E-state index in [0.717, 1.165) is 10.0 Å². The average Bonchev–Trinajstić information content (AvgIpc) is 2.52. The lowest BCUT2D eigenvalue weighted by Crippen LogP contribution is -2.19. The number of hydrogen-bond acceptors (Lipinski definition) is 3. The molecule has 112 valence electrons. The highest BCUT2D eigenvalue weighted by atomic mass is 79.9. The Kier molecular flexibility index (Phi) is 5.42. The molecule has 4 nitrogen and oxygen atoms in total. The largest absolute Gasteiger partial charge is 0.380 e. The molecule has 0 bridgehead atoms. The van der Waals surface area contributed by atoms with Crippen LogP contribution in [0.2, 0.25) is 5.02 Å². The van der Waals surface area contributed by atoms with Gasteiger partial charge in [-0.05, 0) is 35.9 Å². The Morgan fingerprint density at radius 1 is 1.32 bits per heavy atom. The second kappa shape index (κ2) is 7.30. The molecule has 22 heavy (non-hydrogen) atoms. The van der Waals surface area contributed by atoms with Crippen LogP contribution in [0.25, 0.3) is 0 Å². The third-order valence-corrected chi connectivity index (χ3v) is 3.84. The van der Waals surface area contributed by atoms with E-state index in [4.69, 9.17) is 11.6 Å². The maximum Gasteiger partial charge on any atom is 0.253 e. The van der Waals surface area contributed by atoms with E-state index in [2.05, 4.69) is 32.6 Å². The van der Waals surface area contributed by atoms with Crippen LogP contribution in [0.1, 0.15) is 21.5 Å². The molecule has 0 aliphatic carbocycles. The molecule has 6 heteroatoms. The third kappa shape index (κ3) is 3.79. The molecule has 0 unspecified atom stereocenters. The maximum atomic E-state index is 11.9. The Hall–Kier alpha value is -2.03. The van der Waals surface area contributed by atoms with Crippen LogP contribution in [0.15, 0.2) is 40.9 Å². The van der Waals surface area contributed by atoms with Crippen LogP contribution in [0, 0.1) is 11.3 Å². The average molecular weight is 379 g/mol. The number of nitriles is 1. The molecule has 0 saturated heterocycles. The predicted octanol–water partition coefficient (Wildman–Crippen LogP) is 3.95. The summed E-state index contributed by atoms with van der Waals surface area (Å²) in [7, 11) is 1.57. The zero-order chi connectivity index (χ0) is 16.1. The van der Waals surface area contributed by atoms with Crippen molar-refractivity contribution in [3.63, 3.8) is 0 Å². The lowest BCUT2D eigenvalue weighted by molar-refractivity contribution is 0.0964. The lowest BCUT2D eigenvalue weighted by Gasteiger charge is -2.12. The van der Waals surface area contributed by atoms with Crippen molar-refractivity contribution in [3.05, 3.63) is 62.6 Å². The first-order chi connectivity index (χ1) is 10.5. The molecule has 2 aromatic carbocycles. The van der Waals surface area contributed by atoms with Crippen molar-refractivity contribution in [2.45, 2.75) is 6.54 Å². The van der Waals surface area contributed by atoms with Gasteiger partial charge >= 0.3 is 0 Å². The number of nitrogens with zero attached hydrogens (tertiary/aromatic N) is 1. The first-order valence-electron chi connectivity index (χ1n) is 6.49. The molecule has 1 amide bonds. The minimum Gasteiger partial charge on any atom is -0.380 e. The van der Waals surface area contributed by atoms with E-state index in [1.165, 1.54) is 0 Å². The van der Waals surface area contributed by atoms with Crippen LogP contribution in [0.4, 0.5) is 5.69 Å². The standard InChI is InChI=1S/C16H13BrClN3O/c1-20-16(22)14-5-4-13(18)7-15(14)21-9-10-2-3-12(17)6-11(10)8-19/h2-7,21H,9H2,1H3,(H,20,22). The van der Waals surface area contributed by atoms with E-state index in [-0.39, 0.29) is 5.91 Å². The minimum absolute atomic E-state index is 0.199. The highest BCUT2D eigenvalue weighted by Gasteiger charge is 2.11. The van der Waals surface area contributed by atoms with Gasteiger partial charge in [0, 0.05) is 28.8 Å².